The highest BCUT2D eigenvalue weighted by molar-refractivity contribution is 5.74. The number of nitrogens with one attached hydrogen (secondary N) is 1. The van der Waals surface area contributed by atoms with Crippen LogP contribution in [0.5, 0.6) is 0 Å². The molecule has 0 saturated carbocycles. The summed E-state index contributed by atoms with van der Waals surface area (Å²) in [7, 11) is 1.81. The second-order valence-electron chi connectivity index (χ2n) is 6.87. The number of hydrogen-bond acceptors (Lipinski definition) is 2. The van der Waals surface area contributed by atoms with E-state index in [-0.39, 0.29) is 6.03 Å². The monoisotopic (exact) mass is 315 g/mol. The number of urea groups is 1. The summed E-state index contributed by atoms with van der Waals surface area (Å²) in [6, 6.07) is 11.1. The van der Waals surface area contributed by atoms with Gasteiger partial charge in [0.05, 0.1) is 0 Å². The maximum absolute atomic E-state index is 12.0. The van der Waals surface area contributed by atoms with Gasteiger partial charge >= 0.3 is 6.03 Å². The third kappa shape index (κ3) is 5.39. The molecular formula is C19H29N3O. The third-order valence-corrected chi connectivity index (χ3v) is 4.41. The molecule has 1 N–H and O–H groups in total. The van der Waals surface area contributed by atoms with E-state index in [1.807, 2.05) is 14.0 Å². The van der Waals surface area contributed by atoms with Crippen LogP contribution in [0.1, 0.15) is 25.8 Å². The molecule has 0 bridgehead atoms. The molecule has 0 aliphatic carbocycles. The fourth-order valence-corrected chi connectivity index (χ4v) is 3.25. The van der Waals surface area contributed by atoms with Crippen LogP contribution < -0.4 is 5.32 Å². The van der Waals surface area contributed by atoms with Crippen molar-refractivity contribution >= 4 is 6.03 Å². The maximum atomic E-state index is 12.0. The lowest BCUT2D eigenvalue weighted by molar-refractivity contribution is 0.209. The molecule has 0 unspecified atom stereocenters. The van der Waals surface area contributed by atoms with E-state index < -0.39 is 0 Å². The van der Waals surface area contributed by atoms with Gasteiger partial charge < -0.3 is 10.2 Å². The fourth-order valence-electron chi connectivity index (χ4n) is 3.25. The minimum Gasteiger partial charge on any atom is -0.338 e. The van der Waals surface area contributed by atoms with Crippen molar-refractivity contribution in [2.24, 2.45) is 5.92 Å². The molecule has 0 aromatic heterocycles. The number of carbonyl (C=O) groups is 1. The van der Waals surface area contributed by atoms with Gasteiger partial charge in [-0.3, -0.25) is 4.90 Å². The first-order valence-electron chi connectivity index (χ1n) is 8.37. The Morgan fingerprint density at radius 1 is 1.39 bits per heavy atom. The predicted molar refractivity (Wildman–Crippen MR) is 95.3 cm³/mol. The van der Waals surface area contributed by atoms with Crippen LogP contribution in [0.2, 0.25) is 0 Å². The highest BCUT2D eigenvalue weighted by Gasteiger charge is 2.29. The lowest BCUT2D eigenvalue weighted by Gasteiger charge is -2.21. The average Bonchev–Trinajstić information content (AvgIpc) is 2.85. The smallest absolute Gasteiger partial charge is 0.317 e. The van der Waals surface area contributed by atoms with E-state index in [1.165, 1.54) is 5.56 Å². The van der Waals surface area contributed by atoms with Crippen molar-refractivity contribution in [2.75, 3.05) is 26.7 Å². The van der Waals surface area contributed by atoms with E-state index >= 15 is 0 Å². The highest BCUT2D eigenvalue weighted by atomic mass is 16.2. The highest BCUT2D eigenvalue weighted by Crippen LogP contribution is 2.24. The van der Waals surface area contributed by atoms with Crippen LogP contribution >= 0.6 is 0 Å². The third-order valence-electron chi connectivity index (χ3n) is 4.41. The van der Waals surface area contributed by atoms with E-state index in [9.17, 15) is 4.79 Å². The topological polar surface area (TPSA) is 35.6 Å². The van der Waals surface area contributed by atoms with Crippen molar-refractivity contribution in [1.29, 1.82) is 0 Å². The molecule has 0 radical (unpaired) electrons. The molecular weight excluding hydrogens is 286 g/mol. The second-order valence-corrected chi connectivity index (χ2v) is 6.87. The Hall–Kier alpha value is -1.81. The Morgan fingerprint density at radius 3 is 2.74 bits per heavy atom. The lowest BCUT2D eigenvalue weighted by atomic mass is 10.1. The average molecular weight is 315 g/mol. The molecule has 1 aromatic carbocycles. The number of likely N-dealkylation sites (tertiary alicyclic amines) is 1. The van der Waals surface area contributed by atoms with Crippen LogP contribution in [-0.4, -0.2) is 48.6 Å². The Kier molecular flexibility index (Phi) is 6.22. The standard InChI is InChI=1S/C19H29N3O/c1-15(2)12-21(4)19(23)20-11-18-10-16(3)22(14-18)13-17-8-6-5-7-9-17/h5-9,16,18H,1,10-14H2,2-4H3,(H,20,23)/t16-,18+/m0/s1. The van der Waals surface area contributed by atoms with E-state index in [1.54, 1.807) is 4.90 Å². The lowest BCUT2D eigenvalue weighted by Crippen LogP contribution is -2.40. The number of carbonyl (C=O) groups excluding carboxylic acids is 1. The quantitative estimate of drug-likeness (QED) is 0.819. The second kappa shape index (κ2) is 8.16. The van der Waals surface area contributed by atoms with Gasteiger partial charge in [0.1, 0.15) is 0 Å². The SMILES string of the molecule is C=C(C)CN(C)C(=O)NC[C@H]1C[C@H](C)N(Cc2ccccc2)C1. The van der Waals surface area contributed by atoms with Gasteiger partial charge in [-0.15, -0.1) is 0 Å². The maximum Gasteiger partial charge on any atom is 0.317 e. The van der Waals surface area contributed by atoms with Crippen LogP contribution in [0, 0.1) is 5.92 Å². The summed E-state index contributed by atoms with van der Waals surface area (Å²) >= 11 is 0. The largest absolute Gasteiger partial charge is 0.338 e. The molecule has 1 heterocycles. The molecule has 1 aromatic rings. The molecule has 4 heteroatoms. The minimum atomic E-state index is -0.0119. The summed E-state index contributed by atoms with van der Waals surface area (Å²) in [5, 5.41) is 3.05. The molecule has 2 amide bonds. The Morgan fingerprint density at radius 2 is 2.09 bits per heavy atom. The summed E-state index contributed by atoms with van der Waals surface area (Å²) in [6.07, 6.45) is 1.14. The fraction of sp³-hybridized carbons (Fsp3) is 0.526. The molecule has 1 fully saturated rings. The summed E-state index contributed by atoms with van der Waals surface area (Å²) in [5.41, 5.74) is 2.34. The molecule has 1 aliphatic rings. The summed E-state index contributed by atoms with van der Waals surface area (Å²) in [6.45, 7) is 11.4. The van der Waals surface area contributed by atoms with Crippen LogP contribution in [0.4, 0.5) is 4.79 Å². The summed E-state index contributed by atoms with van der Waals surface area (Å²) < 4.78 is 0. The van der Waals surface area contributed by atoms with Gasteiger partial charge in [-0.05, 0) is 31.7 Å². The van der Waals surface area contributed by atoms with Gasteiger partial charge in [-0.1, -0.05) is 42.5 Å². The number of rotatable bonds is 6. The van der Waals surface area contributed by atoms with Crippen LogP contribution in [0.15, 0.2) is 42.5 Å². The van der Waals surface area contributed by atoms with E-state index in [0.29, 0.717) is 18.5 Å². The van der Waals surface area contributed by atoms with Gasteiger partial charge in [0.2, 0.25) is 0 Å². The van der Waals surface area contributed by atoms with Crippen molar-refractivity contribution in [3.8, 4) is 0 Å². The Labute approximate surface area is 140 Å². The zero-order chi connectivity index (χ0) is 16.8. The van der Waals surface area contributed by atoms with Crippen molar-refractivity contribution in [1.82, 2.24) is 15.1 Å². The van der Waals surface area contributed by atoms with Crippen LogP contribution in [-0.2, 0) is 6.54 Å². The summed E-state index contributed by atoms with van der Waals surface area (Å²) in [4.78, 5) is 16.2. The Bertz CT molecular complexity index is 529. The predicted octanol–water partition coefficient (Wildman–Crippen LogP) is 3.11. The molecule has 126 valence electrons. The van der Waals surface area contributed by atoms with Crippen LogP contribution in [0.25, 0.3) is 0 Å². The molecule has 2 rings (SSSR count). The Balaban J connectivity index is 1.77. The van der Waals surface area contributed by atoms with E-state index in [2.05, 4.69) is 54.1 Å². The molecule has 4 nitrogen and oxygen atoms in total. The first-order chi connectivity index (χ1) is 11.0. The van der Waals surface area contributed by atoms with Gasteiger partial charge in [0, 0.05) is 39.3 Å². The number of nitrogens with zero attached hydrogens (tertiary/aromatic N) is 2. The normalized spacial score (nSPS) is 21.2. The van der Waals surface area contributed by atoms with Crippen molar-refractivity contribution in [3.05, 3.63) is 48.0 Å². The van der Waals surface area contributed by atoms with E-state index in [4.69, 9.17) is 0 Å². The van der Waals surface area contributed by atoms with Crippen LogP contribution in [0.3, 0.4) is 0 Å². The van der Waals surface area contributed by atoms with Gasteiger partial charge in [-0.25, -0.2) is 4.79 Å². The first-order valence-corrected chi connectivity index (χ1v) is 8.37. The van der Waals surface area contributed by atoms with Crippen molar-refractivity contribution in [3.63, 3.8) is 0 Å². The molecule has 2 atom stereocenters. The molecule has 0 spiro atoms. The van der Waals surface area contributed by atoms with E-state index in [0.717, 1.165) is 31.6 Å². The van der Waals surface area contributed by atoms with Crippen molar-refractivity contribution < 1.29 is 4.79 Å². The molecule has 1 aliphatic heterocycles. The number of likely N-dealkylation sites (N-methyl/N-ethyl adjacent to an activating group) is 1. The van der Waals surface area contributed by atoms with Gasteiger partial charge in [-0.2, -0.15) is 0 Å². The first kappa shape index (κ1) is 17.5. The van der Waals surface area contributed by atoms with Crippen molar-refractivity contribution in [2.45, 2.75) is 32.9 Å². The zero-order valence-electron chi connectivity index (χ0n) is 14.6. The van der Waals surface area contributed by atoms with Gasteiger partial charge in [0.15, 0.2) is 0 Å². The summed E-state index contributed by atoms with van der Waals surface area (Å²) in [5.74, 6) is 0.524. The zero-order valence-corrected chi connectivity index (χ0v) is 14.6. The minimum absolute atomic E-state index is 0.0119. The number of benzene rings is 1. The number of amides is 2. The molecule has 23 heavy (non-hydrogen) atoms. The van der Waals surface area contributed by atoms with Gasteiger partial charge in [0.25, 0.3) is 0 Å². The molecule has 1 saturated heterocycles. The number of hydrogen-bond donors (Lipinski definition) is 1.